The van der Waals surface area contributed by atoms with Gasteiger partial charge in [-0.3, -0.25) is 9.59 Å². The van der Waals surface area contributed by atoms with Gasteiger partial charge in [0.15, 0.2) is 0 Å². The molecule has 0 spiro atoms. The van der Waals surface area contributed by atoms with Gasteiger partial charge in [-0.15, -0.1) is 0 Å². The third-order valence-corrected chi connectivity index (χ3v) is 3.12. The number of amides is 1. The second-order valence-corrected chi connectivity index (χ2v) is 5.13. The molecule has 0 heterocycles. The molecule has 0 aliphatic rings. The molecule has 22 heavy (non-hydrogen) atoms. The number of hydrogen-bond donors (Lipinski definition) is 1. The summed E-state index contributed by atoms with van der Waals surface area (Å²) in [6, 6.07) is 5.99. The average molecular weight is 307 g/mol. The number of nitrogens with one attached hydrogen (secondary N) is 1. The van der Waals surface area contributed by atoms with Crippen molar-refractivity contribution in [3.8, 4) is 5.75 Å². The van der Waals surface area contributed by atoms with E-state index in [9.17, 15) is 9.59 Å². The quantitative estimate of drug-likeness (QED) is 0.562. The smallest absolute Gasteiger partial charge is 0.305 e. The lowest BCUT2D eigenvalue weighted by atomic mass is 10.1. The van der Waals surface area contributed by atoms with Crippen molar-refractivity contribution in [2.24, 2.45) is 0 Å². The lowest BCUT2D eigenvalue weighted by Gasteiger charge is -2.10. The van der Waals surface area contributed by atoms with Crippen molar-refractivity contribution in [2.45, 2.75) is 40.0 Å². The lowest BCUT2D eigenvalue weighted by molar-refractivity contribution is -0.143. The number of carbonyl (C=O) groups is 2. The monoisotopic (exact) mass is 307 g/mol. The van der Waals surface area contributed by atoms with Gasteiger partial charge in [0.1, 0.15) is 5.75 Å². The molecule has 0 aliphatic carbocycles. The van der Waals surface area contributed by atoms with E-state index in [4.69, 9.17) is 9.47 Å². The molecule has 1 aromatic rings. The molecule has 0 fully saturated rings. The number of carbonyl (C=O) groups excluding carboxylic acids is 2. The Morgan fingerprint density at radius 3 is 2.68 bits per heavy atom. The summed E-state index contributed by atoms with van der Waals surface area (Å²) in [4.78, 5) is 22.8. The largest absolute Gasteiger partial charge is 0.493 e. The van der Waals surface area contributed by atoms with Crippen LogP contribution in [0.15, 0.2) is 18.2 Å². The summed E-state index contributed by atoms with van der Waals surface area (Å²) < 4.78 is 10.4. The van der Waals surface area contributed by atoms with E-state index >= 15 is 0 Å². The number of hydrogen-bond acceptors (Lipinski definition) is 4. The van der Waals surface area contributed by atoms with Crippen LogP contribution in [-0.2, 0) is 14.3 Å². The molecule has 1 N–H and O–H groups in total. The van der Waals surface area contributed by atoms with Gasteiger partial charge in [0.2, 0.25) is 5.91 Å². The highest BCUT2D eigenvalue weighted by atomic mass is 16.5. The summed E-state index contributed by atoms with van der Waals surface area (Å²) in [6.45, 7) is 6.96. The molecule has 1 amide bonds. The molecule has 0 aromatic heterocycles. The molecule has 0 radical (unpaired) electrons. The Morgan fingerprint density at radius 1 is 1.18 bits per heavy atom. The van der Waals surface area contributed by atoms with Crippen molar-refractivity contribution < 1.29 is 19.1 Å². The summed E-state index contributed by atoms with van der Waals surface area (Å²) >= 11 is 0. The maximum absolute atomic E-state index is 11.6. The Kier molecular flexibility index (Phi) is 8.04. The van der Waals surface area contributed by atoms with Gasteiger partial charge < -0.3 is 14.8 Å². The van der Waals surface area contributed by atoms with Crippen LogP contribution < -0.4 is 10.1 Å². The molecule has 122 valence electrons. The van der Waals surface area contributed by atoms with Crippen molar-refractivity contribution in [2.75, 3.05) is 19.8 Å². The number of esters is 1. The summed E-state index contributed by atoms with van der Waals surface area (Å²) in [5.41, 5.74) is 2.18. The Labute approximate surface area is 132 Å². The third-order valence-electron chi connectivity index (χ3n) is 3.12. The Balaban J connectivity index is 2.16. The Hall–Kier alpha value is -2.04. The summed E-state index contributed by atoms with van der Waals surface area (Å²) in [6.07, 6.45) is 1.21. The van der Waals surface area contributed by atoms with Crippen molar-refractivity contribution in [3.63, 3.8) is 0 Å². The van der Waals surface area contributed by atoms with Gasteiger partial charge in [-0.05, 0) is 44.4 Å². The first-order valence-electron chi connectivity index (χ1n) is 7.65. The van der Waals surface area contributed by atoms with Crippen LogP contribution >= 0.6 is 0 Å². The standard InChI is InChI=1S/C17H25NO4/c1-4-21-17(20)6-5-10-18-16(19)9-11-22-15-12-13(2)7-8-14(15)3/h7-8,12H,4-6,9-11H2,1-3H3,(H,18,19). The molecule has 5 heteroatoms. The first kappa shape index (κ1) is 18.0. The molecule has 0 bridgehead atoms. The van der Waals surface area contributed by atoms with Crippen molar-refractivity contribution in [1.29, 1.82) is 0 Å². The summed E-state index contributed by atoms with van der Waals surface area (Å²) in [5, 5.41) is 2.77. The first-order valence-corrected chi connectivity index (χ1v) is 7.65. The van der Waals surface area contributed by atoms with Crippen LogP contribution in [0.1, 0.15) is 37.3 Å². The van der Waals surface area contributed by atoms with Gasteiger partial charge in [-0.25, -0.2) is 0 Å². The van der Waals surface area contributed by atoms with E-state index < -0.39 is 0 Å². The molecule has 1 aromatic carbocycles. The fraction of sp³-hybridized carbons (Fsp3) is 0.529. The van der Waals surface area contributed by atoms with Crippen LogP contribution in [0.4, 0.5) is 0 Å². The molecule has 0 saturated carbocycles. The topological polar surface area (TPSA) is 64.6 Å². The second-order valence-electron chi connectivity index (χ2n) is 5.13. The van der Waals surface area contributed by atoms with Gasteiger partial charge >= 0.3 is 5.97 Å². The number of benzene rings is 1. The minimum Gasteiger partial charge on any atom is -0.493 e. The molecule has 5 nitrogen and oxygen atoms in total. The van der Waals surface area contributed by atoms with Gasteiger partial charge in [-0.1, -0.05) is 12.1 Å². The van der Waals surface area contributed by atoms with E-state index in [0.717, 1.165) is 16.9 Å². The maximum atomic E-state index is 11.6. The van der Waals surface area contributed by atoms with Crippen molar-refractivity contribution in [3.05, 3.63) is 29.3 Å². The Morgan fingerprint density at radius 2 is 1.95 bits per heavy atom. The van der Waals surface area contributed by atoms with E-state index in [1.54, 1.807) is 6.92 Å². The molecular formula is C17H25NO4. The SMILES string of the molecule is CCOC(=O)CCCNC(=O)CCOc1cc(C)ccc1C. The fourth-order valence-corrected chi connectivity index (χ4v) is 1.90. The van der Waals surface area contributed by atoms with Crippen LogP contribution in [0.2, 0.25) is 0 Å². The van der Waals surface area contributed by atoms with Gasteiger partial charge in [0, 0.05) is 13.0 Å². The summed E-state index contributed by atoms with van der Waals surface area (Å²) in [7, 11) is 0. The number of aryl methyl sites for hydroxylation is 2. The minimum absolute atomic E-state index is 0.0748. The van der Waals surface area contributed by atoms with Crippen LogP contribution in [0.25, 0.3) is 0 Å². The predicted molar refractivity (Wildman–Crippen MR) is 84.9 cm³/mol. The van der Waals surface area contributed by atoms with E-state index in [-0.39, 0.29) is 11.9 Å². The normalized spacial score (nSPS) is 10.1. The van der Waals surface area contributed by atoms with Crippen molar-refractivity contribution >= 4 is 11.9 Å². The van der Waals surface area contributed by atoms with E-state index in [2.05, 4.69) is 5.32 Å². The van der Waals surface area contributed by atoms with Crippen LogP contribution in [0.5, 0.6) is 5.75 Å². The molecule has 0 unspecified atom stereocenters. The predicted octanol–water partition coefficient (Wildman–Crippen LogP) is 2.53. The summed E-state index contributed by atoms with van der Waals surface area (Å²) in [5.74, 6) is 0.513. The van der Waals surface area contributed by atoms with Crippen LogP contribution in [0, 0.1) is 13.8 Å². The second kappa shape index (κ2) is 9.82. The first-order chi connectivity index (χ1) is 10.5. The zero-order valence-corrected chi connectivity index (χ0v) is 13.6. The van der Waals surface area contributed by atoms with Crippen LogP contribution in [0.3, 0.4) is 0 Å². The molecule has 0 aliphatic heterocycles. The van der Waals surface area contributed by atoms with Crippen LogP contribution in [-0.4, -0.2) is 31.6 Å². The van der Waals surface area contributed by atoms with Gasteiger partial charge in [0.05, 0.1) is 19.6 Å². The molecule has 0 atom stereocenters. The average Bonchev–Trinajstić information content (AvgIpc) is 2.47. The van der Waals surface area contributed by atoms with Crippen molar-refractivity contribution in [1.82, 2.24) is 5.32 Å². The zero-order valence-electron chi connectivity index (χ0n) is 13.6. The molecule has 1 rings (SSSR count). The van der Waals surface area contributed by atoms with Gasteiger partial charge in [0.25, 0.3) is 0 Å². The minimum atomic E-state index is -0.227. The van der Waals surface area contributed by atoms with E-state index in [0.29, 0.717) is 39.0 Å². The van der Waals surface area contributed by atoms with Gasteiger partial charge in [-0.2, -0.15) is 0 Å². The Bertz CT molecular complexity index is 499. The zero-order chi connectivity index (χ0) is 16.4. The number of rotatable bonds is 9. The maximum Gasteiger partial charge on any atom is 0.305 e. The molecule has 0 saturated heterocycles. The number of ether oxygens (including phenoxy) is 2. The molecular weight excluding hydrogens is 282 g/mol. The lowest BCUT2D eigenvalue weighted by Crippen LogP contribution is -2.26. The highest BCUT2D eigenvalue weighted by Gasteiger charge is 2.05. The van der Waals surface area contributed by atoms with E-state index in [1.165, 1.54) is 0 Å². The fourth-order valence-electron chi connectivity index (χ4n) is 1.90. The third kappa shape index (κ3) is 7.11. The highest BCUT2D eigenvalue weighted by Crippen LogP contribution is 2.19. The van der Waals surface area contributed by atoms with E-state index in [1.807, 2.05) is 32.0 Å². The highest BCUT2D eigenvalue weighted by molar-refractivity contribution is 5.76.